The van der Waals surface area contributed by atoms with Crippen LogP contribution in [0.3, 0.4) is 0 Å². The third-order valence-electron chi connectivity index (χ3n) is 4.55. The van der Waals surface area contributed by atoms with E-state index in [0.29, 0.717) is 18.4 Å². The number of carbonyl (C=O) groups excluding carboxylic acids is 3. The summed E-state index contributed by atoms with van der Waals surface area (Å²) in [6, 6.07) is 5.02. The van der Waals surface area contributed by atoms with Crippen LogP contribution in [-0.4, -0.2) is 34.9 Å². The van der Waals surface area contributed by atoms with Crippen LogP contribution in [0.2, 0.25) is 0 Å². The molecule has 0 aromatic heterocycles. The average molecular weight is 334 g/mol. The van der Waals surface area contributed by atoms with Gasteiger partial charge in [-0.15, -0.1) is 0 Å². The Hall–Kier alpha value is -2.44. The largest absolute Gasteiger partial charge is 0.459 e. The van der Waals surface area contributed by atoms with Gasteiger partial charge in [-0.25, -0.2) is 9.18 Å². The van der Waals surface area contributed by atoms with E-state index in [1.807, 2.05) is 0 Å². The maximum Gasteiger partial charge on any atom is 0.326 e. The van der Waals surface area contributed by atoms with E-state index >= 15 is 0 Å². The van der Waals surface area contributed by atoms with E-state index in [1.165, 1.54) is 24.3 Å². The summed E-state index contributed by atoms with van der Waals surface area (Å²) in [6.45, 7) is -0.443. The van der Waals surface area contributed by atoms with E-state index in [4.69, 9.17) is 4.74 Å². The van der Waals surface area contributed by atoms with Gasteiger partial charge in [0.15, 0.2) is 0 Å². The number of rotatable bonds is 4. The second-order valence-electron chi connectivity index (χ2n) is 6.25. The highest BCUT2D eigenvalue weighted by Gasteiger charge is 2.51. The molecular weight excluding hydrogens is 315 g/mol. The lowest BCUT2D eigenvalue weighted by atomic mass is 9.82. The SMILES string of the molecule is O=C(CN1C(=O)NC2(CCCCC2)C1=O)OCc1ccc(F)cc1. The summed E-state index contributed by atoms with van der Waals surface area (Å²) in [5.74, 6) is -1.39. The highest BCUT2D eigenvalue weighted by atomic mass is 19.1. The minimum atomic E-state index is -0.841. The fourth-order valence-electron chi connectivity index (χ4n) is 3.23. The van der Waals surface area contributed by atoms with Crippen molar-refractivity contribution in [2.75, 3.05) is 6.54 Å². The van der Waals surface area contributed by atoms with Crippen LogP contribution in [-0.2, 0) is 20.9 Å². The Morgan fingerprint density at radius 1 is 1.17 bits per heavy atom. The molecule has 6 nitrogen and oxygen atoms in total. The molecule has 24 heavy (non-hydrogen) atoms. The normalized spacial score (nSPS) is 19.5. The number of halogens is 1. The number of amides is 3. The maximum atomic E-state index is 12.8. The van der Waals surface area contributed by atoms with Crippen molar-refractivity contribution in [1.29, 1.82) is 0 Å². The summed E-state index contributed by atoms with van der Waals surface area (Å²) in [6.07, 6.45) is 4.03. The molecule has 1 aromatic rings. The molecule has 1 heterocycles. The quantitative estimate of drug-likeness (QED) is 0.676. The Morgan fingerprint density at radius 3 is 2.50 bits per heavy atom. The van der Waals surface area contributed by atoms with Crippen molar-refractivity contribution < 1.29 is 23.5 Å². The van der Waals surface area contributed by atoms with Gasteiger partial charge in [0.25, 0.3) is 5.91 Å². The first kappa shape index (κ1) is 16.4. The number of hydrogen-bond donors (Lipinski definition) is 1. The van der Waals surface area contributed by atoms with Crippen molar-refractivity contribution >= 4 is 17.9 Å². The molecule has 1 spiro atoms. The zero-order valence-corrected chi connectivity index (χ0v) is 13.2. The van der Waals surface area contributed by atoms with E-state index in [-0.39, 0.29) is 18.3 Å². The van der Waals surface area contributed by atoms with E-state index in [2.05, 4.69) is 5.32 Å². The Morgan fingerprint density at radius 2 is 1.83 bits per heavy atom. The van der Waals surface area contributed by atoms with Crippen LogP contribution < -0.4 is 5.32 Å². The minimum absolute atomic E-state index is 0.0338. The second-order valence-corrected chi connectivity index (χ2v) is 6.25. The van der Waals surface area contributed by atoms with E-state index in [9.17, 15) is 18.8 Å². The molecule has 1 N–H and O–H groups in total. The highest BCUT2D eigenvalue weighted by molar-refractivity contribution is 6.08. The van der Waals surface area contributed by atoms with Gasteiger partial charge in [0.2, 0.25) is 0 Å². The van der Waals surface area contributed by atoms with Crippen LogP contribution in [0.15, 0.2) is 24.3 Å². The number of carbonyl (C=O) groups is 3. The summed E-state index contributed by atoms with van der Waals surface area (Å²) in [5.41, 5.74) is -0.210. The Balaban J connectivity index is 1.56. The summed E-state index contributed by atoms with van der Waals surface area (Å²) in [5, 5.41) is 2.74. The molecule has 1 saturated carbocycles. The monoisotopic (exact) mass is 334 g/mol. The van der Waals surface area contributed by atoms with Crippen LogP contribution >= 0.6 is 0 Å². The second kappa shape index (κ2) is 6.59. The van der Waals surface area contributed by atoms with Gasteiger partial charge in [0.05, 0.1) is 0 Å². The van der Waals surface area contributed by atoms with E-state index in [1.54, 1.807) is 0 Å². The number of ether oxygens (including phenoxy) is 1. The van der Waals surface area contributed by atoms with Gasteiger partial charge < -0.3 is 10.1 Å². The molecule has 7 heteroatoms. The van der Waals surface area contributed by atoms with Gasteiger partial charge >= 0.3 is 12.0 Å². The third-order valence-corrected chi connectivity index (χ3v) is 4.55. The van der Waals surface area contributed by atoms with Gasteiger partial charge in [-0.05, 0) is 30.5 Å². The lowest BCUT2D eigenvalue weighted by Gasteiger charge is -2.30. The summed E-state index contributed by atoms with van der Waals surface area (Å²) < 4.78 is 17.9. The Labute approximate surface area is 139 Å². The Kier molecular flexibility index (Phi) is 4.51. The van der Waals surface area contributed by atoms with Crippen LogP contribution in [0.25, 0.3) is 0 Å². The fourth-order valence-corrected chi connectivity index (χ4v) is 3.23. The first-order chi connectivity index (χ1) is 11.5. The summed E-state index contributed by atoms with van der Waals surface area (Å²) in [4.78, 5) is 37.4. The summed E-state index contributed by atoms with van der Waals surface area (Å²) in [7, 11) is 0. The lowest BCUT2D eigenvalue weighted by Crippen LogP contribution is -2.48. The third kappa shape index (κ3) is 3.25. The molecule has 2 fully saturated rings. The average Bonchev–Trinajstić information content (AvgIpc) is 2.79. The number of esters is 1. The number of benzene rings is 1. The molecule has 0 bridgehead atoms. The molecular formula is C17H19FN2O4. The highest BCUT2D eigenvalue weighted by Crippen LogP contribution is 2.33. The smallest absolute Gasteiger partial charge is 0.326 e. The van der Waals surface area contributed by atoms with E-state index < -0.39 is 24.1 Å². The molecule has 0 atom stereocenters. The fraction of sp³-hybridized carbons (Fsp3) is 0.471. The van der Waals surface area contributed by atoms with Crippen molar-refractivity contribution in [1.82, 2.24) is 10.2 Å². The standard InChI is InChI=1S/C17H19FN2O4/c18-13-6-4-12(5-7-13)11-24-14(21)10-20-15(22)17(19-16(20)23)8-2-1-3-9-17/h4-7H,1-3,8-11H2,(H,19,23). The van der Waals surface area contributed by atoms with Gasteiger partial charge in [0.1, 0.15) is 24.5 Å². The van der Waals surface area contributed by atoms with Crippen LogP contribution in [0.1, 0.15) is 37.7 Å². The van der Waals surface area contributed by atoms with Crippen LogP contribution in [0.5, 0.6) is 0 Å². The molecule has 0 radical (unpaired) electrons. The Bertz CT molecular complexity index is 653. The topological polar surface area (TPSA) is 75.7 Å². The summed E-state index contributed by atoms with van der Waals surface area (Å²) >= 11 is 0. The first-order valence-electron chi connectivity index (χ1n) is 8.04. The predicted molar refractivity (Wildman–Crippen MR) is 82.3 cm³/mol. The van der Waals surface area contributed by atoms with Crippen molar-refractivity contribution in [2.45, 2.75) is 44.2 Å². The van der Waals surface area contributed by atoms with Crippen LogP contribution in [0, 0.1) is 5.82 Å². The number of nitrogens with zero attached hydrogens (tertiary/aromatic N) is 1. The van der Waals surface area contributed by atoms with Crippen molar-refractivity contribution in [2.24, 2.45) is 0 Å². The first-order valence-corrected chi connectivity index (χ1v) is 8.04. The molecule has 3 amide bonds. The molecule has 1 aromatic carbocycles. The van der Waals surface area contributed by atoms with Gasteiger partial charge in [0, 0.05) is 0 Å². The van der Waals surface area contributed by atoms with Gasteiger partial charge in [-0.2, -0.15) is 0 Å². The lowest BCUT2D eigenvalue weighted by molar-refractivity contribution is -0.149. The number of imide groups is 1. The molecule has 3 rings (SSSR count). The maximum absolute atomic E-state index is 12.8. The zero-order valence-electron chi connectivity index (χ0n) is 13.2. The molecule has 1 saturated heterocycles. The zero-order chi connectivity index (χ0) is 17.2. The van der Waals surface area contributed by atoms with Gasteiger partial charge in [-0.3, -0.25) is 14.5 Å². The molecule has 1 aliphatic heterocycles. The number of nitrogens with one attached hydrogen (secondary N) is 1. The number of urea groups is 1. The number of hydrogen-bond acceptors (Lipinski definition) is 4. The molecule has 0 unspecified atom stereocenters. The van der Waals surface area contributed by atoms with Crippen molar-refractivity contribution in [3.8, 4) is 0 Å². The van der Waals surface area contributed by atoms with Gasteiger partial charge in [-0.1, -0.05) is 31.4 Å². The van der Waals surface area contributed by atoms with Crippen LogP contribution in [0.4, 0.5) is 9.18 Å². The molecule has 1 aliphatic carbocycles. The van der Waals surface area contributed by atoms with E-state index in [0.717, 1.165) is 24.2 Å². The van der Waals surface area contributed by atoms with Crippen molar-refractivity contribution in [3.63, 3.8) is 0 Å². The van der Waals surface area contributed by atoms with Crippen molar-refractivity contribution in [3.05, 3.63) is 35.6 Å². The predicted octanol–water partition coefficient (Wildman–Crippen LogP) is 2.12. The minimum Gasteiger partial charge on any atom is -0.459 e. The molecule has 2 aliphatic rings. The molecule has 128 valence electrons.